The Morgan fingerprint density at radius 2 is 1.88 bits per heavy atom. The first kappa shape index (κ1) is 14.4. The second-order valence-electron chi connectivity index (χ2n) is 5.49. The quantitative estimate of drug-likeness (QED) is 0.671. The largest absolute Gasteiger partial charge is 0.354 e. The Balaban J connectivity index is 2.18. The molecule has 1 aliphatic rings. The third-order valence-electron chi connectivity index (χ3n) is 3.43. The molecule has 5 heteroatoms. The maximum Gasteiger partial charge on any atom is 0.226 e. The summed E-state index contributed by atoms with van der Waals surface area (Å²) in [5.74, 6) is 0.0501. The minimum atomic E-state index is -0.456. The van der Waals surface area contributed by atoms with Crippen LogP contribution in [0.2, 0.25) is 0 Å². The smallest absolute Gasteiger partial charge is 0.226 e. The van der Waals surface area contributed by atoms with Crippen LogP contribution in [0.4, 0.5) is 0 Å². The van der Waals surface area contributed by atoms with Crippen molar-refractivity contribution in [2.24, 2.45) is 11.1 Å². The van der Waals surface area contributed by atoms with Gasteiger partial charge in [0.15, 0.2) is 0 Å². The number of rotatable bonds is 5. The number of nitrogens with two attached hydrogens (primary N) is 1. The van der Waals surface area contributed by atoms with E-state index in [1.807, 2.05) is 13.8 Å². The molecule has 1 aliphatic heterocycles. The van der Waals surface area contributed by atoms with Crippen molar-refractivity contribution in [1.29, 1.82) is 0 Å². The third-order valence-corrected chi connectivity index (χ3v) is 3.43. The van der Waals surface area contributed by atoms with Gasteiger partial charge in [0.25, 0.3) is 0 Å². The summed E-state index contributed by atoms with van der Waals surface area (Å²) in [5, 5.41) is 2.96. The van der Waals surface area contributed by atoms with Gasteiger partial charge < -0.3 is 16.0 Å². The molecule has 1 fully saturated rings. The number of carbonyl (C=O) groups excluding carboxylic acids is 1. The van der Waals surface area contributed by atoms with Crippen LogP contribution in [0.25, 0.3) is 0 Å². The third kappa shape index (κ3) is 4.61. The highest BCUT2D eigenvalue weighted by Crippen LogP contribution is 2.11. The molecule has 1 saturated heterocycles. The van der Waals surface area contributed by atoms with E-state index in [4.69, 9.17) is 5.73 Å². The fourth-order valence-electron chi connectivity index (χ4n) is 1.73. The van der Waals surface area contributed by atoms with Crippen molar-refractivity contribution >= 4 is 5.91 Å². The molecule has 0 aromatic rings. The molecule has 0 radical (unpaired) electrons. The zero-order chi connectivity index (χ0) is 12.9. The lowest BCUT2D eigenvalue weighted by Crippen LogP contribution is -2.48. The van der Waals surface area contributed by atoms with Crippen molar-refractivity contribution in [3.63, 3.8) is 0 Å². The Morgan fingerprint density at radius 1 is 1.29 bits per heavy atom. The SMILES string of the molecule is CN1CCN(CCNC(=O)C(C)(C)CN)CC1. The van der Waals surface area contributed by atoms with Gasteiger partial charge in [-0.1, -0.05) is 0 Å². The van der Waals surface area contributed by atoms with Crippen LogP contribution in [0.5, 0.6) is 0 Å². The van der Waals surface area contributed by atoms with Gasteiger partial charge in [-0.2, -0.15) is 0 Å². The molecule has 0 aliphatic carbocycles. The van der Waals surface area contributed by atoms with Crippen LogP contribution in [-0.4, -0.2) is 68.6 Å². The van der Waals surface area contributed by atoms with Gasteiger partial charge in [0.2, 0.25) is 5.91 Å². The molecule has 0 aromatic carbocycles. The van der Waals surface area contributed by atoms with Gasteiger partial charge in [-0.3, -0.25) is 9.69 Å². The number of nitrogens with zero attached hydrogens (tertiary/aromatic N) is 2. The molecule has 0 atom stereocenters. The lowest BCUT2D eigenvalue weighted by Gasteiger charge is -2.32. The molecule has 1 amide bonds. The maximum absolute atomic E-state index is 11.8. The summed E-state index contributed by atoms with van der Waals surface area (Å²) in [5.41, 5.74) is 5.10. The number of piperazine rings is 1. The van der Waals surface area contributed by atoms with Crippen molar-refractivity contribution < 1.29 is 4.79 Å². The summed E-state index contributed by atoms with van der Waals surface area (Å²) in [4.78, 5) is 16.5. The van der Waals surface area contributed by atoms with E-state index >= 15 is 0 Å². The summed E-state index contributed by atoms with van der Waals surface area (Å²) in [6, 6.07) is 0. The first-order valence-corrected chi connectivity index (χ1v) is 6.35. The van der Waals surface area contributed by atoms with Crippen LogP contribution in [0.1, 0.15) is 13.8 Å². The molecule has 0 bridgehead atoms. The number of amides is 1. The van der Waals surface area contributed by atoms with Gasteiger partial charge in [0.05, 0.1) is 5.41 Å². The van der Waals surface area contributed by atoms with E-state index in [0.29, 0.717) is 13.1 Å². The Kier molecular flexibility index (Phi) is 5.36. The number of carbonyl (C=O) groups is 1. The predicted molar refractivity (Wildman–Crippen MR) is 69.8 cm³/mol. The highest BCUT2D eigenvalue weighted by Gasteiger charge is 2.25. The molecule has 0 saturated carbocycles. The molecular formula is C12H26N4O. The van der Waals surface area contributed by atoms with Crippen LogP contribution in [0.3, 0.4) is 0 Å². The fourth-order valence-corrected chi connectivity index (χ4v) is 1.73. The lowest BCUT2D eigenvalue weighted by atomic mass is 9.93. The molecule has 5 nitrogen and oxygen atoms in total. The maximum atomic E-state index is 11.8. The highest BCUT2D eigenvalue weighted by atomic mass is 16.2. The average molecular weight is 242 g/mol. The molecular weight excluding hydrogens is 216 g/mol. The molecule has 100 valence electrons. The van der Waals surface area contributed by atoms with Crippen LogP contribution in [0, 0.1) is 5.41 Å². The standard InChI is InChI=1S/C12H26N4O/c1-12(2,10-13)11(17)14-4-5-16-8-6-15(3)7-9-16/h4-10,13H2,1-3H3,(H,14,17). The van der Waals surface area contributed by atoms with Gasteiger partial charge in [-0.05, 0) is 20.9 Å². The first-order valence-electron chi connectivity index (χ1n) is 6.35. The molecule has 0 spiro atoms. The second-order valence-corrected chi connectivity index (χ2v) is 5.49. The molecule has 3 N–H and O–H groups in total. The molecule has 1 heterocycles. The Bertz CT molecular complexity index is 247. The van der Waals surface area contributed by atoms with Gasteiger partial charge in [0, 0.05) is 45.8 Å². The van der Waals surface area contributed by atoms with Crippen LogP contribution < -0.4 is 11.1 Å². The number of likely N-dealkylation sites (N-methyl/N-ethyl adjacent to an activating group) is 1. The number of nitrogens with one attached hydrogen (secondary N) is 1. The van der Waals surface area contributed by atoms with Crippen molar-refractivity contribution in [1.82, 2.24) is 15.1 Å². The summed E-state index contributed by atoms with van der Waals surface area (Å²) >= 11 is 0. The monoisotopic (exact) mass is 242 g/mol. The zero-order valence-corrected chi connectivity index (χ0v) is 11.3. The highest BCUT2D eigenvalue weighted by molar-refractivity contribution is 5.81. The molecule has 0 unspecified atom stereocenters. The summed E-state index contributed by atoms with van der Waals surface area (Å²) in [6.45, 7) is 10.2. The molecule has 1 rings (SSSR count). The zero-order valence-electron chi connectivity index (χ0n) is 11.3. The van der Waals surface area contributed by atoms with Crippen molar-refractivity contribution in [2.75, 3.05) is 52.9 Å². The predicted octanol–water partition coefficient (Wildman–Crippen LogP) is -0.665. The second kappa shape index (κ2) is 6.33. The minimum Gasteiger partial charge on any atom is -0.354 e. The van der Waals surface area contributed by atoms with Crippen LogP contribution in [0.15, 0.2) is 0 Å². The topological polar surface area (TPSA) is 61.6 Å². The van der Waals surface area contributed by atoms with Gasteiger partial charge in [0.1, 0.15) is 0 Å². The summed E-state index contributed by atoms with van der Waals surface area (Å²) < 4.78 is 0. The van der Waals surface area contributed by atoms with Gasteiger partial charge in [-0.15, -0.1) is 0 Å². The number of hydrogen-bond acceptors (Lipinski definition) is 4. The van der Waals surface area contributed by atoms with E-state index in [1.165, 1.54) is 0 Å². The van der Waals surface area contributed by atoms with E-state index in [9.17, 15) is 4.79 Å². The lowest BCUT2D eigenvalue weighted by molar-refractivity contribution is -0.128. The van der Waals surface area contributed by atoms with Gasteiger partial charge in [-0.25, -0.2) is 0 Å². The van der Waals surface area contributed by atoms with E-state index in [-0.39, 0.29) is 5.91 Å². The normalized spacial score (nSPS) is 19.3. The summed E-state index contributed by atoms with van der Waals surface area (Å²) in [7, 11) is 2.14. The minimum absolute atomic E-state index is 0.0501. The average Bonchev–Trinajstić information content (AvgIpc) is 2.31. The van der Waals surface area contributed by atoms with Crippen LogP contribution in [-0.2, 0) is 4.79 Å². The van der Waals surface area contributed by atoms with Crippen LogP contribution >= 0.6 is 0 Å². The van der Waals surface area contributed by atoms with Gasteiger partial charge >= 0.3 is 0 Å². The first-order chi connectivity index (χ1) is 7.95. The Hall–Kier alpha value is -0.650. The van der Waals surface area contributed by atoms with Crippen molar-refractivity contribution in [2.45, 2.75) is 13.8 Å². The molecule has 0 aromatic heterocycles. The molecule has 17 heavy (non-hydrogen) atoms. The number of hydrogen-bond donors (Lipinski definition) is 2. The summed E-state index contributed by atoms with van der Waals surface area (Å²) in [6.07, 6.45) is 0. The Labute approximate surface area is 104 Å². The fraction of sp³-hybridized carbons (Fsp3) is 0.917. The Morgan fingerprint density at radius 3 is 2.41 bits per heavy atom. The van der Waals surface area contributed by atoms with E-state index in [0.717, 1.165) is 32.7 Å². The van der Waals surface area contributed by atoms with E-state index < -0.39 is 5.41 Å². The van der Waals surface area contributed by atoms with Crippen molar-refractivity contribution in [3.8, 4) is 0 Å². The van der Waals surface area contributed by atoms with E-state index in [2.05, 4.69) is 22.2 Å². The van der Waals surface area contributed by atoms with Crippen molar-refractivity contribution in [3.05, 3.63) is 0 Å². The van der Waals surface area contributed by atoms with E-state index in [1.54, 1.807) is 0 Å².